The Hall–Kier alpha value is -4.09. The average molecular weight is 741 g/mol. The molecule has 17 heteroatoms. The second-order valence-electron chi connectivity index (χ2n) is 13.8. The van der Waals surface area contributed by atoms with Crippen LogP contribution in [0.5, 0.6) is 0 Å². The van der Waals surface area contributed by atoms with Gasteiger partial charge in [0.15, 0.2) is 5.52 Å². The first-order valence-corrected chi connectivity index (χ1v) is 17.2. The largest absolute Gasteiger partial charge is 0.408 e. The quantitative estimate of drug-likeness (QED) is 0.218. The molecule has 1 saturated heterocycles. The smallest absolute Gasteiger partial charge is 0.388 e. The standard InChI is InChI=1S/C34H38F6N6O4S/c1-31(2,3)51(50)43-29(34(38,39)40)23-12-10-22(11-13-23)28-26-27(42-44(28)4)30(48)46(20-41-26)19-32(49)14-16-45(17-15-32)25(47)18-24(33(35,36)37)21-8-6-5-7-9-21/h5-13,20,24,29,43,49H,14-19H2,1-4H3/t24-,29+,51-/m1/s1. The Morgan fingerprint density at radius 3 is 2.10 bits per heavy atom. The van der Waals surface area contributed by atoms with Crippen LogP contribution in [0, 0.1) is 0 Å². The molecule has 1 amide bonds. The zero-order valence-corrected chi connectivity index (χ0v) is 29.1. The Bertz CT molecular complexity index is 1950. The van der Waals surface area contributed by atoms with E-state index in [-0.39, 0.29) is 54.6 Å². The van der Waals surface area contributed by atoms with E-state index in [0.29, 0.717) is 11.3 Å². The fourth-order valence-corrected chi connectivity index (χ4v) is 6.87. The van der Waals surface area contributed by atoms with Crippen LogP contribution in [-0.2, 0) is 29.4 Å². The van der Waals surface area contributed by atoms with Crippen molar-refractivity contribution < 1.29 is 40.5 Å². The number of halogens is 6. The van der Waals surface area contributed by atoms with E-state index in [1.165, 1.54) is 69.0 Å². The maximum absolute atomic E-state index is 13.9. The van der Waals surface area contributed by atoms with Gasteiger partial charge in [-0.2, -0.15) is 31.4 Å². The van der Waals surface area contributed by atoms with E-state index < -0.39 is 63.5 Å². The van der Waals surface area contributed by atoms with Crippen molar-refractivity contribution in [2.45, 2.75) is 81.2 Å². The molecule has 2 aromatic heterocycles. The zero-order chi connectivity index (χ0) is 37.5. The molecule has 10 nitrogen and oxygen atoms in total. The van der Waals surface area contributed by atoms with Gasteiger partial charge in [-0.1, -0.05) is 54.6 Å². The number of fused-ring (bicyclic) bond motifs is 1. The van der Waals surface area contributed by atoms with E-state index in [1.807, 2.05) is 0 Å². The molecule has 2 N–H and O–H groups in total. The predicted molar refractivity (Wildman–Crippen MR) is 179 cm³/mol. The molecule has 3 heterocycles. The van der Waals surface area contributed by atoms with Gasteiger partial charge in [-0.25, -0.2) is 13.9 Å². The number of aryl methyl sites for hydroxylation is 1. The Kier molecular flexibility index (Phi) is 10.6. The molecule has 0 saturated carbocycles. The summed E-state index contributed by atoms with van der Waals surface area (Å²) in [6.45, 7) is 4.42. The van der Waals surface area contributed by atoms with E-state index >= 15 is 0 Å². The number of piperidine rings is 1. The highest BCUT2D eigenvalue weighted by atomic mass is 32.2. The van der Waals surface area contributed by atoms with Gasteiger partial charge < -0.3 is 10.0 Å². The van der Waals surface area contributed by atoms with Crippen molar-refractivity contribution in [1.82, 2.24) is 29.0 Å². The third-order valence-electron chi connectivity index (χ3n) is 8.93. The van der Waals surface area contributed by atoms with Crippen molar-refractivity contribution in [2.24, 2.45) is 7.05 Å². The van der Waals surface area contributed by atoms with Gasteiger partial charge in [0.1, 0.15) is 11.6 Å². The van der Waals surface area contributed by atoms with E-state index in [1.54, 1.807) is 33.9 Å². The predicted octanol–water partition coefficient (Wildman–Crippen LogP) is 5.54. The molecule has 5 rings (SSSR count). The molecule has 3 atom stereocenters. The monoisotopic (exact) mass is 740 g/mol. The van der Waals surface area contributed by atoms with Crippen molar-refractivity contribution in [3.8, 4) is 11.3 Å². The fraction of sp³-hybridized carbons (Fsp3) is 0.471. The fourth-order valence-electron chi connectivity index (χ4n) is 6.03. The van der Waals surface area contributed by atoms with Crippen LogP contribution >= 0.6 is 0 Å². The number of aliphatic hydroxyl groups is 1. The van der Waals surface area contributed by atoms with Crippen LogP contribution in [0.1, 0.15) is 63.1 Å². The lowest BCUT2D eigenvalue weighted by molar-refractivity contribution is -0.162. The van der Waals surface area contributed by atoms with Crippen LogP contribution in [0.25, 0.3) is 22.3 Å². The molecule has 0 unspecified atom stereocenters. The summed E-state index contributed by atoms with van der Waals surface area (Å²) in [7, 11) is -0.458. The summed E-state index contributed by atoms with van der Waals surface area (Å²) < 4.78 is 99.6. The molecule has 4 aromatic rings. The number of nitrogens with one attached hydrogen (secondary N) is 1. The minimum absolute atomic E-state index is 0.00216. The maximum Gasteiger partial charge on any atom is 0.408 e. The summed E-state index contributed by atoms with van der Waals surface area (Å²) in [5.41, 5.74) is -1.33. The highest BCUT2D eigenvalue weighted by Gasteiger charge is 2.44. The summed E-state index contributed by atoms with van der Waals surface area (Å²) in [6, 6.07) is 10.4. The molecule has 1 fully saturated rings. The third-order valence-corrected chi connectivity index (χ3v) is 10.5. The number of rotatable bonds is 9. The van der Waals surface area contributed by atoms with Gasteiger partial charge in [-0.05, 0) is 44.7 Å². The molecule has 0 spiro atoms. The van der Waals surface area contributed by atoms with E-state index in [9.17, 15) is 45.2 Å². The number of likely N-dealkylation sites (tertiary alicyclic amines) is 1. The Balaban J connectivity index is 1.30. The molecule has 0 bridgehead atoms. The van der Waals surface area contributed by atoms with Crippen molar-refractivity contribution in [3.05, 3.63) is 82.4 Å². The van der Waals surface area contributed by atoms with Crippen molar-refractivity contribution >= 4 is 27.9 Å². The number of carbonyl (C=O) groups excluding carboxylic acids is 1. The summed E-state index contributed by atoms with van der Waals surface area (Å²) in [5.74, 6) is -2.66. The normalized spacial score (nSPS) is 17.4. The van der Waals surface area contributed by atoms with E-state index in [4.69, 9.17) is 0 Å². The Morgan fingerprint density at radius 1 is 0.941 bits per heavy atom. The SMILES string of the molecule is Cn1nc2c(=O)n(CC3(O)CCN(C(=O)C[C@H](c4ccccc4)C(F)(F)F)CC3)cnc2c1-c1ccc([C@H](N[S@](=O)C(C)(C)C)C(F)(F)F)cc1. The Labute approximate surface area is 292 Å². The molecule has 51 heavy (non-hydrogen) atoms. The molecule has 0 aliphatic carbocycles. The first kappa shape index (κ1) is 38.1. The van der Waals surface area contributed by atoms with Gasteiger partial charge in [0.05, 0.1) is 45.8 Å². The molecule has 276 valence electrons. The van der Waals surface area contributed by atoms with Crippen LogP contribution in [0.2, 0.25) is 0 Å². The molecule has 1 aliphatic heterocycles. The van der Waals surface area contributed by atoms with Crippen molar-refractivity contribution in [3.63, 3.8) is 0 Å². The van der Waals surface area contributed by atoms with Crippen LogP contribution in [-0.4, -0.2) is 75.2 Å². The second kappa shape index (κ2) is 14.1. The minimum Gasteiger partial charge on any atom is -0.388 e. The van der Waals surface area contributed by atoms with Crippen LogP contribution in [0.15, 0.2) is 65.7 Å². The lowest BCUT2D eigenvalue weighted by Gasteiger charge is -2.39. The van der Waals surface area contributed by atoms with Gasteiger partial charge in [0.2, 0.25) is 5.91 Å². The number of benzene rings is 2. The summed E-state index contributed by atoms with van der Waals surface area (Å²) >= 11 is 0. The summed E-state index contributed by atoms with van der Waals surface area (Å²) in [6.07, 6.45) is -8.90. The van der Waals surface area contributed by atoms with Crippen molar-refractivity contribution in [1.29, 1.82) is 0 Å². The van der Waals surface area contributed by atoms with Crippen LogP contribution in [0.3, 0.4) is 0 Å². The highest BCUT2D eigenvalue weighted by Crippen LogP contribution is 2.39. The molecule has 0 radical (unpaired) electrons. The lowest BCUT2D eigenvalue weighted by atomic mass is 9.90. The third kappa shape index (κ3) is 8.52. The molecular weight excluding hydrogens is 702 g/mol. The first-order chi connectivity index (χ1) is 23.7. The number of hydrogen-bond donors (Lipinski definition) is 2. The van der Waals surface area contributed by atoms with Crippen molar-refractivity contribution in [2.75, 3.05) is 13.1 Å². The van der Waals surface area contributed by atoms with Gasteiger partial charge in [0, 0.05) is 32.1 Å². The molecule has 2 aromatic carbocycles. The van der Waals surface area contributed by atoms with Gasteiger partial charge in [-0.3, -0.25) is 18.8 Å². The summed E-state index contributed by atoms with van der Waals surface area (Å²) in [5, 5.41) is 15.6. The van der Waals surface area contributed by atoms with Gasteiger partial charge in [0.25, 0.3) is 5.56 Å². The average Bonchev–Trinajstić information content (AvgIpc) is 3.39. The molecule has 1 aliphatic rings. The van der Waals surface area contributed by atoms with E-state index in [0.717, 1.165) is 0 Å². The number of carbonyl (C=O) groups is 1. The maximum atomic E-state index is 13.9. The number of hydrogen-bond acceptors (Lipinski definition) is 6. The minimum atomic E-state index is -4.73. The second-order valence-corrected chi connectivity index (χ2v) is 15.8. The number of amides is 1. The van der Waals surface area contributed by atoms with Crippen LogP contribution < -0.4 is 10.3 Å². The first-order valence-electron chi connectivity index (χ1n) is 16.1. The van der Waals surface area contributed by atoms with Gasteiger partial charge in [-0.15, -0.1) is 0 Å². The van der Waals surface area contributed by atoms with Crippen LogP contribution in [0.4, 0.5) is 26.3 Å². The van der Waals surface area contributed by atoms with E-state index in [2.05, 4.69) is 14.8 Å². The number of nitrogens with zero attached hydrogens (tertiary/aromatic N) is 5. The summed E-state index contributed by atoms with van der Waals surface area (Å²) in [4.78, 5) is 32.1. The van der Waals surface area contributed by atoms with Gasteiger partial charge >= 0.3 is 12.4 Å². The number of aromatic nitrogens is 4. The molecular formula is C34H38F6N6O4S. The topological polar surface area (TPSA) is 122 Å². The Morgan fingerprint density at radius 2 is 1.55 bits per heavy atom. The number of alkyl halides is 6. The lowest BCUT2D eigenvalue weighted by Crippen LogP contribution is -2.50. The highest BCUT2D eigenvalue weighted by molar-refractivity contribution is 7.84. The zero-order valence-electron chi connectivity index (χ0n) is 28.3.